The van der Waals surface area contributed by atoms with Gasteiger partial charge in [-0.05, 0) is 0 Å². The molecule has 0 aromatic heterocycles. The molecule has 0 aromatic carbocycles. The summed E-state index contributed by atoms with van der Waals surface area (Å²) >= 11 is 0. The molecular weight excluding hydrogens is 172 g/mol. The molecule has 0 radical (unpaired) electrons. The molecule has 2 amide bonds. The van der Waals surface area contributed by atoms with Gasteiger partial charge in [0.05, 0.1) is 0 Å². The summed E-state index contributed by atoms with van der Waals surface area (Å²) < 4.78 is 0. The molecule has 0 heterocycles. The molecule has 0 aliphatic heterocycles. The fourth-order valence-corrected chi connectivity index (χ4v) is 0.655. The van der Waals surface area contributed by atoms with Crippen molar-refractivity contribution in [1.29, 1.82) is 0 Å². The molecule has 0 aliphatic carbocycles. The van der Waals surface area contributed by atoms with Gasteiger partial charge in [-0.15, -0.1) is 0 Å². The highest BCUT2D eigenvalue weighted by Gasteiger charge is 2.10. The molecule has 0 saturated carbocycles. The van der Waals surface area contributed by atoms with Gasteiger partial charge >= 0.3 is 0 Å². The lowest BCUT2D eigenvalue weighted by atomic mass is 10.4. The number of aldehydes is 1. The fraction of sp³-hybridized carbons (Fsp3) is 0.625. The highest BCUT2D eigenvalue weighted by Crippen LogP contribution is 1.81. The summed E-state index contributed by atoms with van der Waals surface area (Å²) in [6.45, 7) is 3.33. The van der Waals surface area contributed by atoms with Crippen molar-refractivity contribution in [2.75, 3.05) is 0 Å². The first kappa shape index (κ1) is 11.6. The summed E-state index contributed by atoms with van der Waals surface area (Å²) in [5.74, 6) is -0.540. The SMILES string of the molecule is CCC(=O)NC(C=O)NC(=O)CC. The molecule has 0 bridgehead atoms. The van der Waals surface area contributed by atoms with Gasteiger partial charge in [0, 0.05) is 12.8 Å². The Morgan fingerprint density at radius 2 is 1.54 bits per heavy atom. The van der Waals surface area contributed by atoms with Crippen molar-refractivity contribution in [2.24, 2.45) is 0 Å². The average molecular weight is 186 g/mol. The van der Waals surface area contributed by atoms with E-state index in [0.717, 1.165) is 0 Å². The topological polar surface area (TPSA) is 75.3 Å². The molecule has 0 fully saturated rings. The monoisotopic (exact) mass is 186 g/mol. The maximum absolute atomic E-state index is 10.8. The van der Waals surface area contributed by atoms with E-state index in [4.69, 9.17) is 0 Å². The molecule has 0 aromatic rings. The number of carbonyl (C=O) groups excluding carboxylic acids is 3. The van der Waals surface area contributed by atoms with Crippen LogP contribution in [-0.2, 0) is 14.4 Å². The zero-order valence-corrected chi connectivity index (χ0v) is 7.79. The van der Waals surface area contributed by atoms with Gasteiger partial charge in [-0.1, -0.05) is 13.8 Å². The van der Waals surface area contributed by atoms with E-state index in [1.807, 2.05) is 0 Å². The van der Waals surface area contributed by atoms with Crippen molar-refractivity contribution in [2.45, 2.75) is 32.9 Å². The minimum atomic E-state index is -0.903. The van der Waals surface area contributed by atoms with Gasteiger partial charge in [0.1, 0.15) is 0 Å². The fourth-order valence-electron chi connectivity index (χ4n) is 0.655. The van der Waals surface area contributed by atoms with Crippen LogP contribution in [0.5, 0.6) is 0 Å². The Balaban J connectivity index is 3.96. The van der Waals surface area contributed by atoms with E-state index in [9.17, 15) is 14.4 Å². The van der Waals surface area contributed by atoms with E-state index in [-0.39, 0.29) is 24.7 Å². The third-order valence-corrected chi connectivity index (χ3v) is 1.41. The van der Waals surface area contributed by atoms with Crippen LogP contribution in [-0.4, -0.2) is 24.3 Å². The Kier molecular flexibility index (Phi) is 5.50. The number of hydrogen-bond acceptors (Lipinski definition) is 3. The highest BCUT2D eigenvalue weighted by atomic mass is 16.2. The van der Waals surface area contributed by atoms with Crippen LogP contribution < -0.4 is 10.6 Å². The standard InChI is InChI=1S/C8H14N2O3/c1-3-7(12)9-6(5-11)10-8(13)4-2/h5-6H,3-4H2,1-2H3,(H,9,12)(H,10,13). The lowest BCUT2D eigenvalue weighted by Crippen LogP contribution is -2.48. The lowest BCUT2D eigenvalue weighted by molar-refractivity contribution is -0.127. The van der Waals surface area contributed by atoms with Crippen LogP contribution in [0.2, 0.25) is 0 Å². The van der Waals surface area contributed by atoms with Gasteiger partial charge in [-0.3, -0.25) is 14.4 Å². The van der Waals surface area contributed by atoms with Crippen LogP contribution in [0.4, 0.5) is 0 Å². The maximum Gasteiger partial charge on any atom is 0.221 e. The van der Waals surface area contributed by atoms with Crippen LogP contribution >= 0.6 is 0 Å². The first-order valence-electron chi connectivity index (χ1n) is 4.18. The van der Waals surface area contributed by atoms with Crippen LogP contribution in [0.25, 0.3) is 0 Å². The number of rotatable bonds is 5. The number of hydrogen-bond donors (Lipinski definition) is 2. The van der Waals surface area contributed by atoms with Gasteiger partial charge in [-0.2, -0.15) is 0 Å². The van der Waals surface area contributed by atoms with Gasteiger partial charge in [0.15, 0.2) is 12.5 Å². The minimum Gasteiger partial charge on any atom is -0.330 e. The van der Waals surface area contributed by atoms with Crippen LogP contribution in [0.3, 0.4) is 0 Å². The summed E-state index contributed by atoms with van der Waals surface area (Å²) in [6.07, 6.45) is 0.152. The molecule has 5 heteroatoms. The lowest BCUT2D eigenvalue weighted by Gasteiger charge is -2.12. The molecule has 0 spiro atoms. The van der Waals surface area contributed by atoms with Crippen molar-refractivity contribution in [3.63, 3.8) is 0 Å². The Bertz CT molecular complexity index is 186. The van der Waals surface area contributed by atoms with Crippen LogP contribution in [0, 0.1) is 0 Å². The summed E-state index contributed by atoms with van der Waals surface area (Å²) in [5, 5.41) is 4.69. The van der Waals surface area contributed by atoms with E-state index in [1.165, 1.54) is 0 Å². The van der Waals surface area contributed by atoms with E-state index in [2.05, 4.69) is 10.6 Å². The number of nitrogens with one attached hydrogen (secondary N) is 2. The van der Waals surface area contributed by atoms with Gasteiger partial charge in [0.25, 0.3) is 0 Å². The molecule has 0 saturated heterocycles. The van der Waals surface area contributed by atoms with Crippen molar-refractivity contribution in [3.05, 3.63) is 0 Å². The van der Waals surface area contributed by atoms with Crippen molar-refractivity contribution >= 4 is 18.1 Å². The molecular formula is C8H14N2O3. The predicted octanol–water partition coefficient (Wildman–Crippen LogP) is -0.436. The third-order valence-electron chi connectivity index (χ3n) is 1.41. The maximum atomic E-state index is 10.8. The Morgan fingerprint density at radius 1 is 1.15 bits per heavy atom. The Morgan fingerprint density at radius 3 is 1.77 bits per heavy atom. The zero-order valence-electron chi connectivity index (χ0n) is 7.79. The van der Waals surface area contributed by atoms with E-state index >= 15 is 0 Å². The van der Waals surface area contributed by atoms with Crippen molar-refractivity contribution in [3.8, 4) is 0 Å². The molecule has 13 heavy (non-hydrogen) atoms. The van der Waals surface area contributed by atoms with E-state index < -0.39 is 6.17 Å². The smallest absolute Gasteiger partial charge is 0.221 e. The minimum absolute atomic E-state index is 0.270. The molecule has 0 unspecified atom stereocenters. The molecule has 0 aliphatic rings. The second kappa shape index (κ2) is 6.16. The Labute approximate surface area is 76.9 Å². The molecule has 5 nitrogen and oxygen atoms in total. The van der Waals surface area contributed by atoms with Crippen LogP contribution in [0.1, 0.15) is 26.7 Å². The summed E-state index contributed by atoms with van der Waals surface area (Å²) in [6, 6.07) is 0. The molecule has 0 rings (SSSR count). The largest absolute Gasteiger partial charge is 0.330 e. The molecule has 2 N–H and O–H groups in total. The first-order valence-corrected chi connectivity index (χ1v) is 4.18. The highest BCUT2D eigenvalue weighted by molar-refractivity contribution is 5.83. The van der Waals surface area contributed by atoms with Crippen LogP contribution in [0.15, 0.2) is 0 Å². The van der Waals surface area contributed by atoms with Gasteiger partial charge in [-0.25, -0.2) is 0 Å². The zero-order chi connectivity index (χ0) is 10.3. The molecule has 74 valence electrons. The first-order chi connectivity index (χ1) is 6.13. The Hall–Kier alpha value is -1.39. The average Bonchev–Trinajstić information content (AvgIpc) is 2.16. The van der Waals surface area contributed by atoms with Gasteiger partial charge < -0.3 is 10.6 Å². The second-order valence-electron chi connectivity index (χ2n) is 2.46. The van der Waals surface area contributed by atoms with Crippen molar-refractivity contribution in [1.82, 2.24) is 10.6 Å². The summed E-state index contributed by atoms with van der Waals surface area (Å²) in [4.78, 5) is 32.0. The summed E-state index contributed by atoms with van der Waals surface area (Å²) in [5.41, 5.74) is 0. The quantitative estimate of drug-likeness (QED) is 0.451. The second-order valence-corrected chi connectivity index (χ2v) is 2.46. The van der Waals surface area contributed by atoms with E-state index in [0.29, 0.717) is 6.29 Å². The van der Waals surface area contributed by atoms with Crippen molar-refractivity contribution < 1.29 is 14.4 Å². The summed E-state index contributed by atoms with van der Waals surface area (Å²) in [7, 11) is 0. The van der Waals surface area contributed by atoms with Gasteiger partial charge in [0.2, 0.25) is 11.8 Å². The number of carbonyl (C=O) groups is 3. The van der Waals surface area contributed by atoms with E-state index in [1.54, 1.807) is 13.8 Å². The molecule has 0 atom stereocenters. The number of amides is 2. The third kappa shape index (κ3) is 4.95. The normalized spacial score (nSPS) is 9.46. The predicted molar refractivity (Wildman–Crippen MR) is 46.7 cm³/mol.